The van der Waals surface area contributed by atoms with Gasteiger partial charge in [-0.2, -0.15) is 5.10 Å². The summed E-state index contributed by atoms with van der Waals surface area (Å²) in [5.41, 5.74) is 4.92. The highest BCUT2D eigenvalue weighted by Crippen LogP contribution is 2.15. The molecule has 3 rings (SSSR count). The summed E-state index contributed by atoms with van der Waals surface area (Å²) in [7, 11) is 0. The lowest BCUT2D eigenvalue weighted by molar-refractivity contribution is 0.0951. The van der Waals surface area contributed by atoms with Crippen molar-refractivity contribution in [2.75, 3.05) is 6.54 Å². The number of nitrogens with one attached hydrogen (secondary N) is 1. The van der Waals surface area contributed by atoms with E-state index in [-0.39, 0.29) is 5.91 Å². The molecule has 2 aromatic carbocycles. The van der Waals surface area contributed by atoms with Crippen LogP contribution in [0.2, 0.25) is 0 Å². The molecular weight excluding hydrogens is 334 g/mol. The second-order valence-corrected chi connectivity index (χ2v) is 6.89. The Morgan fingerprint density at radius 1 is 0.926 bits per heavy atom. The van der Waals surface area contributed by atoms with E-state index >= 15 is 0 Å². The molecule has 0 aliphatic rings. The maximum Gasteiger partial charge on any atom is 0.255 e. The smallest absolute Gasteiger partial charge is 0.255 e. The molecule has 4 nitrogen and oxygen atoms in total. The minimum absolute atomic E-state index is 0.0241. The highest BCUT2D eigenvalue weighted by molar-refractivity contribution is 5.96. The predicted molar refractivity (Wildman–Crippen MR) is 109 cm³/mol. The minimum Gasteiger partial charge on any atom is -0.352 e. The molecule has 0 aliphatic carbocycles. The largest absolute Gasteiger partial charge is 0.352 e. The predicted octanol–water partition coefficient (Wildman–Crippen LogP) is 4.30. The molecule has 0 aliphatic heterocycles. The first-order chi connectivity index (χ1) is 13.1. The van der Waals surface area contributed by atoms with Crippen LogP contribution in [-0.4, -0.2) is 22.2 Å². The van der Waals surface area contributed by atoms with Crippen molar-refractivity contribution >= 4 is 5.91 Å². The number of hydrogen-bond donors (Lipinski definition) is 1. The Morgan fingerprint density at radius 2 is 1.56 bits per heavy atom. The molecule has 1 heterocycles. The molecule has 0 bridgehead atoms. The van der Waals surface area contributed by atoms with E-state index in [0.717, 1.165) is 30.7 Å². The Hall–Kier alpha value is -2.88. The molecule has 0 fully saturated rings. The third-order valence-corrected chi connectivity index (χ3v) is 4.80. The Balaban J connectivity index is 1.52. The third kappa shape index (κ3) is 5.07. The summed E-state index contributed by atoms with van der Waals surface area (Å²) >= 11 is 0. The molecule has 4 heteroatoms. The maximum absolute atomic E-state index is 12.6. The summed E-state index contributed by atoms with van der Waals surface area (Å²) in [6, 6.07) is 20.6. The molecule has 0 saturated carbocycles. The van der Waals surface area contributed by atoms with Crippen LogP contribution in [0.15, 0.2) is 60.7 Å². The number of amides is 1. The summed E-state index contributed by atoms with van der Waals surface area (Å²) in [5, 5.41) is 7.62. The van der Waals surface area contributed by atoms with Gasteiger partial charge in [-0.05, 0) is 44.2 Å². The normalized spacial score (nSPS) is 10.7. The first kappa shape index (κ1) is 18.9. The van der Waals surface area contributed by atoms with Crippen LogP contribution in [0.4, 0.5) is 0 Å². The Labute approximate surface area is 161 Å². The highest BCUT2D eigenvalue weighted by Gasteiger charge is 2.18. The van der Waals surface area contributed by atoms with Gasteiger partial charge in [-0.25, -0.2) is 0 Å². The van der Waals surface area contributed by atoms with Crippen molar-refractivity contribution in [3.8, 4) is 0 Å². The summed E-state index contributed by atoms with van der Waals surface area (Å²) in [6.07, 6.45) is 3.08. The van der Waals surface area contributed by atoms with Crippen molar-refractivity contribution in [1.29, 1.82) is 0 Å². The summed E-state index contributed by atoms with van der Waals surface area (Å²) in [4.78, 5) is 12.6. The Morgan fingerprint density at radius 3 is 2.22 bits per heavy atom. The molecule has 0 unspecified atom stereocenters. The van der Waals surface area contributed by atoms with Gasteiger partial charge in [0.1, 0.15) is 0 Å². The number of unbranched alkanes of at least 4 members (excludes halogenated alkanes) is 1. The molecule has 140 valence electrons. The summed E-state index contributed by atoms with van der Waals surface area (Å²) < 4.78 is 1.91. The molecule has 1 N–H and O–H groups in total. The topological polar surface area (TPSA) is 46.9 Å². The standard InChI is InChI=1S/C23H27N3O/c1-18-22(19(2)26(25-18)17-21-14-7-4-8-15-21)23(27)24-16-10-9-13-20-11-5-3-6-12-20/h3-8,11-12,14-15H,9-10,13,16-17H2,1-2H3,(H,24,27). The van der Waals surface area contributed by atoms with Crippen LogP contribution in [0.5, 0.6) is 0 Å². The number of benzene rings is 2. The average Bonchev–Trinajstić information content (AvgIpc) is 2.96. The van der Waals surface area contributed by atoms with E-state index < -0.39 is 0 Å². The van der Waals surface area contributed by atoms with Crippen molar-refractivity contribution in [3.63, 3.8) is 0 Å². The van der Waals surface area contributed by atoms with Gasteiger partial charge in [0.05, 0.1) is 17.8 Å². The van der Waals surface area contributed by atoms with E-state index in [9.17, 15) is 4.79 Å². The zero-order valence-electron chi connectivity index (χ0n) is 16.1. The second-order valence-electron chi connectivity index (χ2n) is 6.89. The zero-order valence-corrected chi connectivity index (χ0v) is 16.1. The van der Waals surface area contributed by atoms with E-state index in [1.807, 2.05) is 42.8 Å². The van der Waals surface area contributed by atoms with E-state index in [2.05, 4.69) is 46.8 Å². The SMILES string of the molecule is Cc1nn(Cc2ccccc2)c(C)c1C(=O)NCCCCc1ccccc1. The van der Waals surface area contributed by atoms with Gasteiger partial charge < -0.3 is 5.32 Å². The van der Waals surface area contributed by atoms with Gasteiger partial charge in [0.2, 0.25) is 0 Å². The number of nitrogens with zero attached hydrogens (tertiary/aromatic N) is 2. The quantitative estimate of drug-likeness (QED) is 0.608. The number of aromatic nitrogens is 2. The van der Waals surface area contributed by atoms with Crippen molar-refractivity contribution in [1.82, 2.24) is 15.1 Å². The Bertz CT molecular complexity index is 869. The fraction of sp³-hybridized carbons (Fsp3) is 0.304. The first-order valence-corrected chi connectivity index (χ1v) is 9.55. The molecule has 0 radical (unpaired) electrons. The minimum atomic E-state index is -0.0241. The van der Waals surface area contributed by atoms with E-state index in [1.165, 1.54) is 11.1 Å². The van der Waals surface area contributed by atoms with Gasteiger partial charge in [0.25, 0.3) is 5.91 Å². The number of aryl methyl sites for hydroxylation is 2. The molecule has 0 atom stereocenters. The van der Waals surface area contributed by atoms with Crippen LogP contribution in [0, 0.1) is 13.8 Å². The molecule has 0 saturated heterocycles. The van der Waals surface area contributed by atoms with Gasteiger partial charge in [0.15, 0.2) is 0 Å². The first-order valence-electron chi connectivity index (χ1n) is 9.55. The lowest BCUT2D eigenvalue weighted by Gasteiger charge is -2.07. The van der Waals surface area contributed by atoms with Crippen LogP contribution in [0.25, 0.3) is 0 Å². The second kappa shape index (κ2) is 9.17. The number of rotatable bonds is 8. The van der Waals surface area contributed by atoms with Crippen LogP contribution < -0.4 is 5.32 Å². The third-order valence-electron chi connectivity index (χ3n) is 4.80. The molecule has 1 amide bonds. The number of carbonyl (C=O) groups is 1. The molecule has 0 spiro atoms. The monoisotopic (exact) mass is 361 g/mol. The highest BCUT2D eigenvalue weighted by atomic mass is 16.1. The van der Waals surface area contributed by atoms with E-state index in [1.54, 1.807) is 0 Å². The molecular formula is C23H27N3O. The molecule has 3 aromatic rings. The number of hydrogen-bond acceptors (Lipinski definition) is 2. The van der Waals surface area contributed by atoms with Gasteiger partial charge in [-0.3, -0.25) is 9.48 Å². The fourth-order valence-corrected chi connectivity index (χ4v) is 3.32. The lowest BCUT2D eigenvalue weighted by Crippen LogP contribution is -2.25. The zero-order chi connectivity index (χ0) is 19.1. The van der Waals surface area contributed by atoms with Crippen molar-refractivity contribution in [2.24, 2.45) is 0 Å². The Kier molecular flexibility index (Phi) is 6.42. The average molecular weight is 361 g/mol. The van der Waals surface area contributed by atoms with Crippen LogP contribution in [0.3, 0.4) is 0 Å². The van der Waals surface area contributed by atoms with E-state index in [4.69, 9.17) is 0 Å². The maximum atomic E-state index is 12.6. The van der Waals surface area contributed by atoms with Crippen LogP contribution in [0.1, 0.15) is 45.7 Å². The van der Waals surface area contributed by atoms with Gasteiger partial charge in [-0.15, -0.1) is 0 Å². The summed E-state index contributed by atoms with van der Waals surface area (Å²) in [6.45, 7) is 5.23. The van der Waals surface area contributed by atoms with Crippen molar-refractivity contribution < 1.29 is 4.79 Å². The van der Waals surface area contributed by atoms with Crippen molar-refractivity contribution in [3.05, 3.63) is 88.7 Å². The van der Waals surface area contributed by atoms with Crippen molar-refractivity contribution in [2.45, 2.75) is 39.7 Å². The van der Waals surface area contributed by atoms with E-state index in [0.29, 0.717) is 18.7 Å². The number of carbonyl (C=O) groups excluding carboxylic acids is 1. The lowest BCUT2D eigenvalue weighted by atomic mass is 10.1. The van der Waals surface area contributed by atoms with Gasteiger partial charge in [-0.1, -0.05) is 60.7 Å². The summed E-state index contributed by atoms with van der Waals surface area (Å²) in [5.74, 6) is -0.0241. The fourth-order valence-electron chi connectivity index (χ4n) is 3.32. The molecule has 1 aromatic heterocycles. The van der Waals surface area contributed by atoms with Gasteiger partial charge in [0, 0.05) is 12.2 Å². The van der Waals surface area contributed by atoms with Crippen LogP contribution in [-0.2, 0) is 13.0 Å². The van der Waals surface area contributed by atoms with Crippen LogP contribution >= 0.6 is 0 Å². The molecule has 27 heavy (non-hydrogen) atoms. The van der Waals surface area contributed by atoms with Gasteiger partial charge >= 0.3 is 0 Å².